The largest absolute Gasteiger partial charge is 0.465 e. The van der Waals surface area contributed by atoms with Crippen LogP contribution in [0.2, 0.25) is 5.02 Å². The molecule has 0 aliphatic heterocycles. The lowest BCUT2D eigenvalue weighted by molar-refractivity contribution is 0.0595. The Labute approximate surface area is 119 Å². The topological polar surface area (TPSA) is 59.2 Å². The highest BCUT2D eigenvalue weighted by Gasteiger charge is 2.16. The molecule has 0 aliphatic carbocycles. The first-order valence-corrected chi connectivity index (χ1v) is 6.13. The smallest absolute Gasteiger partial charge is 0.340 e. The third-order valence-electron chi connectivity index (χ3n) is 2.82. The zero-order chi connectivity index (χ0) is 14.7. The number of pyridine rings is 1. The van der Waals surface area contributed by atoms with E-state index in [0.29, 0.717) is 11.1 Å². The number of rotatable bonds is 3. The van der Waals surface area contributed by atoms with Gasteiger partial charge in [-0.3, -0.25) is 4.79 Å². The van der Waals surface area contributed by atoms with Gasteiger partial charge in [0.15, 0.2) is 0 Å². The van der Waals surface area contributed by atoms with Crippen molar-refractivity contribution in [3.8, 4) is 0 Å². The number of halogens is 2. The van der Waals surface area contributed by atoms with E-state index in [0.717, 1.165) is 13.2 Å². The van der Waals surface area contributed by atoms with Crippen LogP contribution in [0.5, 0.6) is 0 Å². The highest BCUT2D eigenvalue weighted by Crippen LogP contribution is 2.23. The van der Waals surface area contributed by atoms with Gasteiger partial charge < -0.3 is 9.72 Å². The maximum absolute atomic E-state index is 13.8. The molecule has 0 spiro atoms. The van der Waals surface area contributed by atoms with Crippen LogP contribution in [0.3, 0.4) is 0 Å². The summed E-state index contributed by atoms with van der Waals surface area (Å²) in [4.78, 5) is 25.4. The highest BCUT2D eigenvalue weighted by atomic mass is 35.5. The second kappa shape index (κ2) is 5.88. The summed E-state index contributed by atoms with van der Waals surface area (Å²) in [6.45, 7) is 0. The van der Waals surface area contributed by atoms with Crippen molar-refractivity contribution in [2.24, 2.45) is 0 Å². The second-order valence-electron chi connectivity index (χ2n) is 4.12. The third kappa shape index (κ3) is 2.88. The molecule has 4 nitrogen and oxygen atoms in total. The number of hydrogen-bond donors (Lipinski definition) is 1. The second-order valence-corrected chi connectivity index (χ2v) is 4.52. The number of carbonyl (C=O) groups excluding carboxylic acids is 1. The van der Waals surface area contributed by atoms with Crippen LogP contribution in [0, 0.1) is 5.82 Å². The molecule has 1 N–H and O–H groups in total. The number of aromatic nitrogens is 1. The van der Waals surface area contributed by atoms with Gasteiger partial charge in [0, 0.05) is 23.2 Å². The van der Waals surface area contributed by atoms with E-state index in [4.69, 9.17) is 11.6 Å². The van der Waals surface area contributed by atoms with Gasteiger partial charge in [0.25, 0.3) is 5.56 Å². The number of hydrogen-bond acceptors (Lipinski definition) is 3. The zero-order valence-electron chi connectivity index (χ0n) is 10.6. The molecule has 0 aliphatic rings. The minimum absolute atomic E-state index is 0.174. The van der Waals surface area contributed by atoms with Gasteiger partial charge >= 0.3 is 5.97 Å². The summed E-state index contributed by atoms with van der Waals surface area (Å²) < 4.78 is 18.3. The van der Waals surface area contributed by atoms with Crippen molar-refractivity contribution in [3.63, 3.8) is 0 Å². The molecule has 1 heterocycles. The molecule has 2 rings (SSSR count). The number of nitrogens with one attached hydrogen (secondary N) is 1. The molecule has 1 aromatic heterocycles. The number of methoxy groups -OCH3 is 1. The number of ether oxygens (including phenoxy) is 1. The standard InChI is InChI=1S/C14H11ClFNO3/c1-20-14(19)10-7-11(15)9(6-12(10)16)5-8-3-2-4-17-13(8)18/h2-4,6-7H,5H2,1H3,(H,17,18). The van der Waals surface area contributed by atoms with Crippen LogP contribution < -0.4 is 5.56 Å². The van der Waals surface area contributed by atoms with Gasteiger partial charge in [-0.1, -0.05) is 17.7 Å². The Hall–Kier alpha value is -2.14. The quantitative estimate of drug-likeness (QED) is 0.885. The Bertz CT molecular complexity index is 712. The molecule has 0 saturated heterocycles. The Balaban J connectivity index is 2.40. The first-order valence-electron chi connectivity index (χ1n) is 5.75. The molecular weight excluding hydrogens is 285 g/mol. The summed E-state index contributed by atoms with van der Waals surface area (Å²) >= 11 is 6.02. The fourth-order valence-corrected chi connectivity index (χ4v) is 2.02. The van der Waals surface area contributed by atoms with Gasteiger partial charge in [-0.2, -0.15) is 0 Å². The first kappa shape index (κ1) is 14.3. The Morgan fingerprint density at radius 3 is 2.80 bits per heavy atom. The SMILES string of the molecule is COC(=O)c1cc(Cl)c(Cc2ccc[nH]c2=O)cc1F. The van der Waals surface area contributed by atoms with Crippen LogP contribution in [-0.4, -0.2) is 18.1 Å². The van der Waals surface area contributed by atoms with Crippen LogP contribution in [0.4, 0.5) is 4.39 Å². The Morgan fingerprint density at radius 1 is 1.40 bits per heavy atom. The van der Waals surface area contributed by atoms with Crippen molar-refractivity contribution in [1.82, 2.24) is 4.98 Å². The average Bonchev–Trinajstić information content (AvgIpc) is 2.44. The predicted molar refractivity (Wildman–Crippen MR) is 72.6 cm³/mol. The maximum atomic E-state index is 13.8. The summed E-state index contributed by atoms with van der Waals surface area (Å²) in [6.07, 6.45) is 1.68. The molecule has 0 bridgehead atoms. The van der Waals surface area contributed by atoms with Gasteiger partial charge in [0.2, 0.25) is 0 Å². The van der Waals surface area contributed by atoms with Gasteiger partial charge in [0.1, 0.15) is 5.82 Å². The van der Waals surface area contributed by atoms with Crippen molar-refractivity contribution in [1.29, 1.82) is 0 Å². The Kier molecular flexibility index (Phi) is 4.20. The van der Waals surface area contributed by atoms with E-state index in [1.807, 2.05) is 0 Å². The van der Waals surface area contributed by atoms with Crippen LogP contribution in [0.25, 0.3) is 0 Å². The molecule has 0 radical (unpaired) electrons. The highest BCUT2D eigenvalue weighted by molar-refractivity contribution is 6.31. The van der Waals surface area contributed by atoms with Crippen LogP contribution in [0.1, 0.15) is 21.5 Å². The van der Waals surface area contributed by atoms with Gasteiger partial charge in [-0.05, 0) is 23.8 Å². The van der Waals surface area contributed by atoms with Crippen LogP contribution in [-0.2, 0) is 11.2 Å². The summed E-state index contributed by atoms with van der Waals surface area (Å²) in [5.41, 5.74) is 0.386. The Morgan fingerprint density at radius 2 is 2.15 bits per heavy atom. The fourth-order valence-electron chi connectivity index (χ4n) is 1.79. The lowest BCUT2D eigenvalue weighted by Crippen LogP contribution is -2.12. The monoisotopic (exact) mass is 295 g/mol. The lowest BCUT2D eigenvalue weighted by atomic mass is 10.0. The van der Waals surface area contributed by atoms with E-state index in [1.54, 1.807) is 12.1 Å². The lowest BCUT2D eigenvalue weighted by Gasteiger charge is -2.07. The molecule has 2 aromatic rings. The molecule has 104 valence electrons. The molecular formula is C14H11ClFNO3. The maximum Gasteiger partial charge on any atom is 0.340 e. The zero-order valence-corrected chi connectivity index (χ0v) is 11.3. The molecule has 1 aromatic carbocycles. The van der Waals surface area contributed by atoms with Crippen LogP contribution in [0.15, 0.2) is 35.3 Å². The number of H-pyrrole nitrogens is 1. The minimum Gasteiger partial charge on any atom is -0.465 e. The van der Waals surface area contributed by atoms with Crippen molar-refractivity contribution < 1.29 is 13.9 Å². The van der Waals surface area contributed by atoms with E-state index in [-0.39, 0.29) is 22.6 Å². The molecule has 0 amide bonds. The van der Waals surface area contributed by atoms with Crippen molar-refractivity contribution >= 4 is 17.6 Å². The van der Waals surface area contributed by atoms with Crippen molar-refractivity contribution in [2.75, 3.05) is 7.11 Å². The van der Waals surface area contributed by atoms with E-state index in [2.05, 4.69) is 9.72 Å². The van der Waals surface area contributed by atoms with Gasteiger partial charge in [-0.15, -0.1) is 0 Å². The van der Waals surface area contributed by atoms with Crippen molar-refractivity contribution in [3.05, 3.63) is 68.3 Å². The summed E-state index contributed by atoms with van der Waals surface area (Å²) in [7, 11) is 1.16. The van der Waals surface area contributed by atoms with E-state index >= 15 is 0 Å². The molecule has 0 fully saturated rings. The normalized spacial score (nSPS) is 10.3. The van der Waals surface area contributed by atoms with Gasteiger partial charge in [-0.25, -0.2) is 9.18 Å². The predicted octanol–water partition coefficient (Wildman–Crippen LogP) is 2.54. The molecule has 0 saturated carbocycles. The molecule has 0 unspecified atom stereocenters. The van der Waals surface area contributed by atoms with E-state index in [9.17, 15) is 14.0 Å². The number of esters is 1. The third-order valence-corrected chi connectivity index (χ3v) is 3.17. The summed E-state index contributed by atoms with van der Waals surface area (Å²) in [5.74, 6) is -1.53. The van der Waals surface area contributed by atoms with Gasteiger partial charge in [0.05, 0.1) is 12.7 Å². The fraction of sp³-hybridized carbons (Fsp3) is 0.143. The van der Waals surface area contributed by atoms with Crippen LogP contribution >= 0.6 is 11.6 Å². The van der Waals surface area contributed by atoms with Crippen molar-refractivity contribution in [2.45, 2.75) is 6.42 Å². The molecule has 6 heteroatoms. The first-order chi connectivity index (χ1) is 9.52. The summed E-state index contributed by atoms with van der Waals surface area (Å²) in [5, 5.41) is 0.204. The van der Waals surface area contributed by atoms with E-state index < -0.39 is 11.8 Å². The number of carbonyl (C=O) groups is 1. The molecule has 20 heavy (non-hydrogen) atoms. The summed E-state index contributed by atoms with van der Waals surface area (Å²) in [6, 6.07) is 5.64. The minimum atomic E-state index is -0.798. The average molecular weight is 296 g/mol. The number of aromatic amines is 1. The number of benzene rings is 1. The molecule has 0 atom stereocenters. The van der Waals surface area contributed by atoms with E-state index in [1.165, 1.54) is 12.3 Å².